The van der Waals surface area contributed by atoms with Gasteiger partial charge in [0.05, 0.1) is 6.61 Å². The SMILES string of the molecule is CCCOc1cc2c3c(c1)-c1c(ccc(O)c1O)C[C@H]3NCC2. The maximum atomic E-state index is 10.4. The molecule has 0 saturated carbocycles. The van der Waals surface area contributed by atoms with Crippen LogP contribution in [0.1, 0.15) is 36.1 Å². The Bertz CT molecular complexity index is 770. The fourth-order valence-electron chi connectivity index (χ4n) is 3.78. The van der Waals surface area contributed by atoms with Crippen molar-refractivity contribution in [2.24, 2.45) is 0 Å². The minimum atomic E-state index is -0.0698. The Morgan fingerprint density at radius 1 is 1.22 bits per heavy atom. The highest BCUT2D eigenvalue weighted by Crippen LogP contribution is 2.49. The summed E-state index contributed by atoms with van der Waals surface area (Å²) >= 11 is 0. The molecule has 0 radical (unpaired) electrons. The second-order valence-corrected chi connectivity index (χ2v) is 6.32. The smallest absolute Gasteiger partial charge is 0.165 e. The van der Waals surface area contributed by atoms with Crippen molar-refractivity contribution in [3.8, 4) is 28.4 Å². The van der Waals surface area contributed by atoms with Gasteiger partial charge in [0, 0.05) is 11.6 Å². The molecule has 4 nitrogen and oxygen atoms in total. The number of phenolic OH excluding ortho intramolecular Hbond substituents is 2. The molecule has 2 aromatic carbocycles. The van der Waals surface area contributed by atoms with E-state index in [2.05, 4.69) is 18.3 Å². The highest BCUT2D eigenvalue weighted by molar-refractivity contribution is 5.83. The van der Waals surface area contributed by atoms with Crippen molar-refractivity contribution in [2.75, 3.05) is 13.2 Å². The summed E-state index contributed by atoms with van der Waals surface area (Å²) in [6.45, 7) is 3.72. The monoisotopic (exact) mass is 311 g/mol. The normalized spacial score (nSPS) is 18.2. The molecular formula is C19H21NO3. The van der Waals surface area contributed by atoms with E-state index in [9.17, 15) is 10.2 Å². The molecule has 120 valence electrons. The van der Waals surface area contributed by atoms with E-state index in [-0.39, 0.29) is 17.5 Å². The van der Waals surface area contributed by atoms with Gasteiger partial charge in [-0.05, 0) is 66.3 Å². The molecular weight excluding hydrogens is 290 g/mol. The van der Waals surface area contributed by atoms with Crippen molar-refractivity contribution in [1.82, 2.24) is 5.32 Å². The van der Waals surface area contributed by atoms with Crippen LogP contribution in [0.3, 0.4) is 0 Å². The topological polar surface area (TPSA) is 61.7 Å². The van der Waals surface area contributed by atoms with E-state index in [1.165, 1.54) is 11.1 Å². The van der Waals surface area contributed by atoms with Gasteiger partial charge in [0.2, 0.25) is 0 Å². The van der Waals surface area contributed by atoms with E-state index in [1.54, 1.807) is 6.07 Å². The number of ether oxygens (including phenoxy) is 1. The van der Waals surface area contributed by atoms with Gasteiger partial charge in [-0.2, -0.15) is 0 Å². The summed E-state index contributed by atoms with van der Waals surface area (Å²) in [6, 6.07) is 7.88. The maximum Gasteiger partial charge on any atom is 0.165 e. The zero-order valence-corrected chi connectivity index (χ0v) is 13.2. The molecule has 0 spiro atoms. The zero-order valence-electron chi connectivity index (χ0n) is 13.2. The molecule has 23 heavy (non-hydrogen) atoms. The van der Waals surface area contributed by atoms with Gasteiger partial charge in [-0.1, -0.05) is 13.0 Å². The molecule has 2 aliphatic rings. The number of benzene rings is 2. The molecule has 1 atom stereocenters. The molecule has 3 N–H and O–H groups in total. The Balaban J connectivity index is 1.94. The van der Waals surface area contributed by atoms with E-state index >= 15 is 0 Å². The van der Waals surface area contributed by atoms with E-state index in [0.717, 1.165) is 48.2 Å². The number of aromatic hydroxyl groups is 2. The van der Waals surface area contributed by atoms with Crippen LogP contribution in [-0.2, 0) is 12.8 Å². The van der Waals surface area contributed by atoms with Crippen molar-refractivity contribution in [3.63, 3.8) is 0 Å². The first kappa shape index (κ1) is 14.4. The number of fused-ring (bicyclic) bond motifs is 2. The maximum absolute atomic E-state index is 10.4. The van der Waals surface area contributed by atoms with Gasteiger partial charge in [-0.25, -0.2) is 0 Å². The third-order valence-corrected chi connectivity index (χ3v) is 4.78. The van der Waals surface area contributed by atoms with Crippen LogP contribution in [0.5, 0.6) is 17.2 Å². The van der Waals surface area contributed by atoms with Crippen LogP contribution < -0.4 is 10.1 Å². The molecule has 0 unspecified atom stereocenters. The number of phenols is 2. The Hall–Kier alpha value is -2.20. The molecule has 0 aromatic heterocycles. The summed E-state index contributed by atoms with van der Waals surface area (Å²) in [4.78, 5) is 0. The minimum Gasteiger partial charge on any atom is -0.504 e. The van der Waals surface area contributed by atoms with Crippen molar-refractivity contribution in [3.05, 3.63) is 41.0 Å². The standard InChI is InChI=1S/C19H21NO3/c1-2-7-23-13-8-12-5-6-20-15-9-11-3-4-16(21)19(22)18(11)14(10-13)17(12)15/h3-4,8,10,15,20-22H,2,5-7,9H2,1H3/t15-/m1/s1. The van der Waals surface area contributed by atoms with Crippen molar-refractivity contribution < 1.29 is 14.9 Å². The van der Waals surface area contributed by atoms with Crippen LogP contribution in [0.15, 0.2) is 24.3 Å². The second kappa shape index (κ2) is 5.46. The van der Waals surface area contributed by atoms with Crippen LogP contribution in [0, 0.1) is 0 Å². The number of nitrogens with one attached hydrogen (secondary N) is 1. The molecule has 4 rings (SSSR count). The summed E-state index contributed by atoms with van der Waals surface area (Å²) in [6.07, 6.45) is 2.74. The summed E-state index contributed by atoms with van der Waals surface area (Å²) in [7, 11) is 0. The zero-order chi connectivity index (χ0) is 16.0. The third kappa shape index (κ3) is 2.25. The first-order valence-electron chi connectivity index (χ1n) is 8.26. The molecule has 2 aromatic rings. The molecule has 0 amide bonds. The van der Waals surface area contributed by atoms with E-state index in [4.69, 9.17) is 4.74 Å². The van der Waals surface area contributed by atoms with Crippen LogP contribution >= 0.6 is 0 Å². The lowest BCUT2D eigenvalue weighted by atomic mass is 9.77. The van der Waals surface area contributed by atoms with Gasteiger partial charge in [0.15, 0.2) is 11.5 Å². The molecule has 0 fully saturated rings. The van der Waals surface area contributed by atoms with Gasteiger partial charge < -0.3 is 20.3 Å². The third-order valence-electron chi connectivity index (χ3n) is 4.78. The van der Waals surface area contributed by atoms with E-state index in [0.29, 0.717) is 6.61 Å². The molecule has 4 heteroatoms. The average Bonchev–Trinajstić information content (AvgIpc) is 2.56. The lowest BCUT2D eigenvalue weighted by Gasteiger charge is -2.35. The molecule has 1 aliphatic carbocycles. The van der Waals surface area contributed by atoms with Gasteiger partial charge in [0.1, 0.15) is 5.75 Å². The Morgan fingerprint density at radius 3 is 2.91 bits per heavy atom. The minimum absolute atomic E-state index is 0.0265. The van der Waals surface area contributed by atoms with Crippen LogP contribution in [0.25, 0.3) is 11.1 Å². The summed E-state index contributed by atoms with van der Waals surface area (Å²) in [5.74, 6) is 0.748. The van der Waals surface area contributed by atoms with E-state index in [1.807, 2.05) is 12.1 Å². The number of hydrogen-bond acceptors (Lipinski definition) is 4. The molecule has 0 saturated heterocycles. The Kier molecular flexibility index (Phi) is 3.42. The highest BCUT2D eigenvalue weighted by Gasteiger charge is 2.32. The predicted molar refractivity (Wildman–Crippen MR) is 89.1 cm³/mol. The summed E-state index contributed by atoms with van der Waals surface area (Å²) in [5.41, 5.74) is 5.33. The lowest BCUT2D eigenvalue weighted by Crippen LogP contribution is -2.33. The van der Waals surface area contributed by atoms with Crippen molar-refractivity contribution in [1.29, 1.82) is 0 Å². The van der Waals surface area contributed by atoms with Gasteiger partial charge in [0.25, 0.3) is 0 Å². The predicted octanol–water partition coefficient (Wildman–Crippen LogP) is 3.30. The Morgan fingerprint density at radius 2 is 2.09 bits per heavy atom. The van der Waals surface area contributed by atoms with Gasteiger partial charge in [-0.15, -0.1) is 0 Å². The van der Waals surface area contributed by atoms with Crippen molar-refractivity contribution >= 4 is 0 Å². The van der Waals surface area contributed by atoms with Crippen LogP contribution in [-0.4, -0.2) is 23.4 Å². The fourth-order valence-corrected chi connectivity index (χ4v) is 3.78. The summed E-state index contributed by atoms with van der Waals surface area (Å²) < 4.78 is 5.84. The lowest BCUT2D eigenvalue weighted by molar-refractivity contribution is 0.316. The van der Waals surface area contributed by atoms with Crippen LogP contribution in [0.2, 0.25) is 0 Å². The van der Waals surface area contributed by atoms with Gasteiger partial charge >= 0.3 is 0 Å². The van der Waals surface area contributed by atoms with E-state index < -0.39 is 0 Å². The average molecular weight is 311 g/mol. The fraction of sp³-hybridized carbons (Fsp3) is 0.368. The number of hydrogen-bond donors (Lipinski definition) is 3. The first-order chi connectivity index (χ1) is 11.2. The summed E-state index contributed by atoms with van der Waals surface area (Å²) in [5, 5.41) is 23.9. The van der Waals surface area contributed by atoms with Crippen molar-refractivity contribution in [2.45, 2.75) is 32.2 Å². The van der Waals surface area contributed by atoms with Crippen LogP contribution in [0.4, 0.5) is 0 Å². The highest BCUT2D eigenvalue weighted by atomic mass is 16.5. The Labute approximate surface area is 135 Å². The first-order valence-corrected chi connectivity index (χ1v) is 8.26. The molecule has 1 heterocycles. The molecule has 1 aliphatic heterocycles. The quantitative estimate of drug-likeness (QED) is 0.761. The molecule has 0 bridgehead atoms. The number of rotatable bonds is 3. The largest absolute Gasteiger partial charge is 0.504 e. The second-order valence-electron chi connectivity index (χ2n) is 6.32. The van der Waals surface area contributed by atoms with Gasteiger partial charge in [-0.3, -0.25) is 0 Å².